The molecule has 3 aromatic rings. The van der Waals surface area contributed by atoms with Crippen molar-refractivity contribution < 1.29 is 0 Å². The molecule has 0 aliphatic carbocycles. The molecule has 2 aromatic heterocycles. The van der Waals surface area contributed by atoms with E-state index < -0.39 is 0 Å². The van der Waals surface area contributed by atoms with Crippen molar-refractivity contribution in [2.45, 2.75) is 18.8 Å². The molecule has 21 heavy (non-hydrogen) atoms. The van der Waals surface area contributed by atoms with Crippen LogP contribution in [0.5, 0.6) is 0 Å². The summed E-state index contributed by atoms with van der Waals surface area (Å²) in [5, 5.41) is 8.31. The summed E-state index contributed by atoms with van der Waals surface area (Å²) in [5.74, 6) is 1.87. The van der Waals surface area contributed by atoms with Crippen LogP contribution in [0, 0.1) is 0 Å². The van der Waals surface area contributed by atoms with Crippen LogP contribution in [0.2, 0.25) is 0 Å². The van der Waals surface area contributed by atoms with Crippen molar-refractivity contribution in [2.75, 3.05) is 6.26 Å². The van der Waals surface area contributed by atoms with Gasteiger partial charge in [0.15, 0.2) is 0 Å². The van der Waals surface area contributed by atoms with Gasteiger partial charge in [0.2, 0.25) is 0 Å². The Hall–Kier alpha value is -2.08. The zero-order chi connectivity index (χ0) is 14.5. The Morgan fingerprint density at radius 3 is 2.81 bits per heavy atom. The van der Waals surface area contributed by atoms with E-state index in [0.717, 1.165) is 23.8 Å². The molecule has 0 aliphatic rings. The molecule has 5 nitrogen and oxygen atoms in total. The van der Waals surface area contributed by atoms with E-state index in [9.17, 15) is 0 Å². The van der Waals surface area contributed by atoms with Crippen LogP contribution in [0.25, 0.3) is 0 Å². The van der Waals surface area contributed by atoms with E-state index in [4.69, 9.17) is 0 Å². The Morgan fingerprint density at radius 1 is 1.14 bits per heavy atom. The lowest BCUT2D eigenvalue weighted by molar-refractivity contribution is 0.594. The first kappa shape index (κ1) is 13.9. The largest absolute Gasteiger partial charge is 0.329 e. The van der Waals surface area contributed by atoms with Gasteiger partial charge in [-0.05, 0) is 11.8 Å². The standard InChI is InChI=1S/C15H17N5S/c1-21-12-14-10-20(18-17-14)11-15-16-7-8-19(15)9-13-5-3-2-4-6-13/h2-8,10H,9,11-12H2,1H3. The highest BCUT2D eigenvalue weighted by Crippen LogP contribution is 2.08. The van der Waals surface area contributed by atoms with Crippen molar-refractivity contribution in [3.63, 3.8) is 0 Å². The monoisotopic (exact) mass is 299 g/mol. The van der Waals surface area contributed by atoms with Crippen molar-refractivity contribution in [1.29, 1.82) is 0 Å². The second kappa shape index (κ2) is 6.58. The average molecular weight is 299 g/mol. The molecule has 0 saturated heterocycles. The number of hydrogen-bond acceptors (Lipinski definition) is 4. The molecule has 0 aliphatic heterocycles. The second-order valence-electron chi connectivity index (χ2n) is 4.80. The Labute approximate surface area is 128 Å². The lowest BCUT2D eigenvalue weighted by Gasteiger charge is -2.07. The van der Waals surface area contributed by atoms with Gasteiger partial charge in [-0.25, -0.2) is 9.67 Å². The fourth-order valence-corrected chi connectivity index (χ4v) is 2.62. The third kappa shape index (κ3) is 3.52. The first-order valence-corrected chi connectivity index (χ1v) is 8.16. The summed E-state index contributed by atoms with van der Waals surface area (Å²) in [6, 6.07) is 10.4. The molecule has 3 rings (SSSR count). The second-order valence-corrected chi connectivity index (χ2v) is 5.66. The average Bonchev–Trinajstić information content (AvgIpc) is 3.11. The molecule has 0 amide bonds. The van der Waals surface area contributed by atoms with Crippen LogP contribution >= 0.6 is 11.8 Å². The third-order valence-corrected chi connectivity index (χ3v) is 3.76. The lowest BCUT2D eigenvalue weighted by atomic mass is 10.2. The zero-order valence-electron chi connectivity index (χ0n) is 11.9. The van der Waals surface area contributed by atoms with E-state index in [1.54, 1.807) is 11.8 Å². The quantitative estimate of drug-likeness (QED) is 0.701. The Morgan fingerprint density at radius 2 is 2.00 bits per heavy atom. The highest BCUT2D eigenvalue weighted by Gasteiger charge is 2.06. The number of aromatic nitrogens is 5. The minimum atomic E-state index is 0.640. The summed E-state index contributed by atoms with van der Waals surface area (Å²) in [4.78, 5) is 4.43. The number of rotatable bonds is 6. The maximum absolute atomic E-state index is 4.43. The van der Waals surface area contributed by atoms with Crippen molar-refractivity contribution >= 4 is 11.8 Å². The molecule has 6 heteroatoms. The first-order valence-electron chi connectivity index (χ1n) is 6.77. The predicted octanol–water partition coefficient (Wildman–Crippen LogP) is 2.43. The lowest BCUT2D eigenvalue weighted by Crippen LogP contribution is -2.09. The highest BCUT2D eigenvalue weighted by atomic mass is 32.2. The summed E-state index contributed by atoms with van der Waals surface area (Å²) in [6.45, 7) is 1.46. The fourth-order valence-electron chi connectivity index (χ4n) is 2.19. The molecule has 108 valence electrons. The summed E-state index contributed by atoms with van der Waals surface area (Å²) in [6.07, 6.45) is 7.88. The van der Waals surface area contributed by atoms with Crippen LogP contribution in [0.3, 0.4) is 0 Å². The predicted molar refractivity (Wildman–Crippen MR) is 84.1 cm³/mol. The van der Waals surface area contributed by atoms with Crippen molar-refractivity contribution in [2.24, 2.45) is 0 Å². The van der Waals surface area contributed by atoms with E-state index in [-0.39, 0.29) is 0 Å². The molecule has 0 saturated carbocycles. The molecule has 0 atom stereocenters. The van der Waals surface area contributed by atoms with Crippen LogP contribution in [-0.4, -0.2) is 30.8 Å². The molecule has 2 heterocycles. The van der Waals surface area contributed by atoms with E-state index in [2.05, 4.69) is 50.4 Å². The molecular weight excluding hydrogens is 282 g/mol. The van der Waals surface area contributed by atoms with Gasteiger partial charge in [-0.2, -0.15) is 11.8 Å². The van der Waals surface area contributed by atoms with Gasteiger partial charge in [0.1, 0.15) is 12.4 Å². The van der Waals surface area contributed by atoms with Crippen LogP contribution in [0.15, 0.2) is 48.9 Å². The number of imidazole rings is 1. The maximum Gasteiger partial charge on any atom is 0.130 e. The van der Waals surface area contributed by atoms with Gasteiger partial charge >= 0.3 is 0 Å². The fraction of sp³-hybridized carbons (Fsp3) is 0.267. The molecule has 0 radical (unpaired) electrons. The van der Waals surface area contributed by atoms with Gasteiger partial charge in [-0.3, -0.25) is 0 Å². The van der Waals surface area contributed by atoms with Gasteiger partial charge in [-0.1, -0.05) is 35.5 Å². The Bertz CT molecular complexity index is 689. The number of thioether (sulfide) groups is 1. The minimum absolute atomic E-state index is 0.640. The van der Waals surface area contributed by atoms with Crippen molar-refractivity contribution in [3.05, 3.63) is 66.0 Å². The van der Waals surface area contributed by atoms with Gasteiger partial charge in [0.05, 0.1) is 5.69 Å². The molecular formula is C15H17N5S. The van der Waals surface area contributed by atoms with E-state index in [1.165, 1.54) is 5.56 Å². The van der Waals surface area contributed by atoms with Gasteiger partial charge in [-0.15, -0.1) is 5.10 Å². The van der Waals surface area contributed by atoms with Gasteiger partial charge in [0.25, 0.3) is 0 Å². The number of nitrogens with zero attached hydrogens (tertiary/aromatic N) is 5. The van der Waals surface area contributed by atoms with E-state index in [1.807, 2.05) is 29.3 Å². The van der Waals surface area contributed by atoms with Crippen LogP contribution in [-0.2, 0) is 18.8 Å². The van der Waals surface area contributed by atoms with Crippen molar-refractivity contribution in [1.82, 2.24) is 24.5 Å². The molecule has 0 N–H and O–H groups in total. The molecule has 0 unspecified atom stereocenters. The van der Waals surface area contributed by atoms with Gasteiger partial charge < -0.3 is 4.57 Å². The van der Waals surface area contributed by atoms with E-state index in [0.29, 0.717) is 6.54 Å². The number of benzene rings is 1. The van der Waals surface area contributed by atoms with E-state index >= 15 is 0 Å². The van der Waals surface area contributed by atoms with Crippen LogP contribution < -0.4 is 0 Å². The Balaban J connectivity index is 1.72. The Kier molecular flexibility index (Phi) is 4.35. The first-order chi connectivity index (χ1) is 10.3. The topological polar surface area (TPSA) is 48.5 Å². The normalized spacial score (nSPS) is 10.9. The summed E-state index contributed by atoms with van der Waals surface area (Å²) >= 11 is 1.74. The van der Waals surface area contributed by atoms with Crippen LogP contribution in [0.4, 0.5) is 0 Å². The summed E-state index contributed by atoms with van der Waals surface area (Å²) < 4.78 is 3.99. The zero-order valence-corrected chi connectivity index (χ0v) is 12.7. The van der Waals surface area contributed by atoms with Gasteiger partial charge in [0, 0.05) is 30.9 Å². The maximum atomic E-state index is 4.43. The summed E-state index contributed by atoms with van der Waals surface area (Å²) in [7, 11) is 0. The van der Waals surface area contributed by atoms with Crippen molar-refractivity contribution in [3.8, 4) is 0 Å². The highest BCUT2D eigenvalue weighted by molar-refractivity contribution is 7.97. The van der Waals surface area contributed by atoms with Crippen LogP contribution in [0.1, 0.15) is 17.1 Å². The third-order valence-electron chi connectivity index (χ3n) is 3.18. The molecule has 0 fully saturated rings. The SMILES string of the molecule is CSCc1cn(Cc2nccn2Cc2ccccc2)nn1. The number of hydrogen-bond donors (Lipinski definition) is 0. The minimum Gasteiger partial charge on any atom is -0.329 e. The smallest absolute Gasteiger partial charge is 0.130 e. The summed E-state index contributed by atoms with van der Waals surface area (Å²) in [5.41, 5.74) is 2.27. The molecule has 1 aromatic carbocycles. The molecule has 0 spiro atoms. The molecule has 0 bridgehead atoms.